The number of hydrogen-bond donors (Lipinski definition) is 1. The number of aryl methyl sites for hydroxylation is 1. The van der Waals surface area contributed by atoms with Crippen molar-refractivity contribution < 1.29 is 14.2 Å². The van der Waals surface area contributed by atoms with Crippen LogP contribution in [0.25, 0.3) is 0 Å². The third-order valence-electron chi connectivity index (χ3n) is 4.71. The van der Waals surface area contributed by atoms with Crippen LogP contribution in [-0.2, 0) is 19.7 Å². The Morgan fingerprint density at radius 1 is 0.724 bits per heavy atom. The van der Waals surface area contributed by atoms with Crippen molar-refractivity contribution >= 4 is 12.4 Å². The van der Waals surface area contributed by atoms with Crippen LogP contribution in [0.3, 0.4) is 0 Å². The van der Waals surface area contributed by atoms with Crippen LogP contribution in [0, 0.1) is 6.92 Å². The number of ether oxygens (including phenoxy) is 3. The van der Waals surface area contributed by atoms with E-state index in [1.54, 1.807) is 14.2 Å². The van der Waals surface area contributed by atoms with E-state index in [0.717, 1.165) is 41.5 Å². The highest BCUT2D eigenvalue weighted by molar-refractivity contribution is 5.85. The van der Waals surface area contributed by atoms with Gasteiger partial charge in [0.15, 0.2) is 11.5 Å². The molecule has 3 aromatic carbocycles. The van der Waals surface area contributed by atoms with Gasteiger partial charge in [-0.25, -0.2) is 0 Å². The Morgan fingerprint density at radius 3 is 2.14 bits per heavy atom. The molecule has 0 spiro atoms. The first-order chi connectivity index (χ1) is 13.7. The van der Waals surface area contributed by atoms with Gasteiger partial charge in [0.25, 0.3) is 0 Å². The maximum absolute atomic E-state index is 5.99. The Bertz CT molecular complexity index is 914. The number of rotatable bonds is 9. The van der Waals surface area contributed by atoms with Gasteiger partial charge in [0, 0.05) is 18.7 Å². The highest BCUT2D eigenvalue weighted by Crippen LogP contribution is 2.29. The average molecular weight is 414 g/mol. The molecule has 0 saturated heterocycles. The van der Waals surface area contributed by atoms with Crippen molar-refractivity contribution in [3.63, 3.8) is 0 Å². The molecule has 0 atom stereocenters. The first-order valence-electron chi connectivity index (χ1n) is 9.38. The Morgan fingerprint density at radius 2 is 1.41 bits per heavy atom. The fourth-order valence-corrected chi connectivity index (χ4v) is 3.06. The molecule has 0 aromatic heterocycles. The zero-order chi connectivity index (χ0) is 19.8. The Hall–Kier alpha value is -2.69. The summed E-state index contributed by atoms with van der Waals surface area (Å²) in [6.07, 6.45) is 0. The zero-order valence-electron chi connectivity index (χ0n) is 17.1. The van der Waals surface area contributed by atoms with Crippen LogP contribution >= 0.6 is 12.4 Å². The van der Waals surface area contributed by atoms with Crippen molar-refractivity contribution in [2.45, 2.75) is 26.6 Å². The van der Waals surface area contributed by atoms with Crippen molar-refractivity contribution in [1.82, 2.24) is 5.32 Å². The fourth-order valence-electron chi connectivity index (χ4n) is 3.06. The normalized spacial score (nSPS) is 10.2. The number of para-hydroxylation sites is 1. The molecule has 0 aliphatic heterocycles. The monoisotopic (exact) mass is 413 g/mol. The first kappa shape index (κ1) is 22.6. The summed E-state index contributed by atoms with van der Waals surface area (Å²) >= 11 is 0. The SMILES string of the molecule is COc1ccccc1CNCc1ccc(OCc2ccccc2C)c(OC)c1.Cl. The van der Waals surface area contributed by atoms with Crippen LogP contribution in [0.1, 0.15) is 22.3 Å². The summed E-state index contributed by atoms with van der Waals surface area (Å²) in [5.41, 5.74) is 4.66. The Labute approximate surface area is 179 Å². The van der Waals surface area contributed by atoms with Crippen LogP contribution in [-0.4, -0.2) is 14.2 Å². The van der Waals surface area contributed by atoms with E-state index in [1.165, 1.54) is 11.1 Å². The summed E-state index contributed by atoms with van der Waals surface area (Å²) in [5, 5.41) is 3.45. The van der Waals surface area contributed by atoms with Crippen molar-refractivity contribution in [1.29, 1.82) is 0 Å². The molecule has 154 valence electrons. The van der Waals surface area contributed by atoms with E-state index in [2.05, 4.69) is 36.5 Å². The smallest absolute Gasteiger partial charge is 0.161 e. The van der Waals surface area contributed by atoms with Crippen LogP contribution in [0.2, 0.25) is 0 Å². The van der Waals surface area contributed by atoms with Crippen molar-refractivity contribution in [3.05, 3.63) is 89.0 Å². The maximum Gasteiger partial charge on any atom is 0.161 e. The van der Waals surface area contributed by atoms with E-state index in [4.69, 9.17) is 14.2 Å². The van der Waals surface area contributed by atoms with E-state index < -0.39 is 0 Å². The van der Waals surface area contributed by atoms with Crippen LogP contribution in [0.5, 0.6) is 17.2 Å². The molecule has 29 heavy (non-hydrogen) atoms. The molecule has 0 bridgehead atoms. The second kappa shape index (κ2) is 11.3. The van der Waals surface area contributed by atoms with Crippen LogP contribution in [0.15, 0.2) is 66.7 Å². The Kier molecular flexibility index (Phi) is 8.84. The number of benzene rings is 3. The predicted octanol–water partition coefficient (Wildman–Crippen LogP) is 5.30. The van der Waals surface area contributed by atoms with Crippen LogP contribution in [0.4, 0.5) is 0 Å². The molecule has 0 amide bonds. The van der Waals surface area contributed by atoms with Gasteiger partial charge in [-0.05, 0) is 41.8 Å². The molecule has 0 unspecified atom stereocenters. The lowest BCUT2D eigenvalue weighted by Gasteiger charge is -2.14. The van der Waals surface area contributed by atoms with Crippen molar-refractivity contribution in [2.24, 2.45) is 0 Å². The van der Waals surface area contributed by atoms with E-state index >= 15 is 0 Å². The molecular formula is C24H28ClNO3. The molecule has 3 aromatic rings. The topological polar surface area (TPSA) is 39.7 Å². The van der Waals surface area contributed by atoms with Gasteiger partial charge in [-0.1, -0.05) is 48.5 Å². The van der Waals surface area contributed by atoms with Crippen molar-refractivity contribution in [3.8, 4) is 17.2 Å². The van der Waals surface area contributed by atoms with Gasteiger partial charge in [-0.2, -0.15) is 0 Å². The summed E-state index contributed by atoms with van der Waals surface area (Å²) in [6, 6.07) is 22.3. The third-order valence-corrected chi connectivity index (χ3v) is 4.71. The van der Waals surface area contributed by atoms with Gasteiger partial charge in [0.1, 0.15) is 12.4 Å². The fraction of sp³-hybridized carbons (Fsp3) is 0.250. The molecule has 0 heterocycles. The van der Waals surface area contributed by atoms with Crippen LogP contribution < -0.4 is 19.5 Å². The first-order valence-corrected chi connectivity index (χ1v) is 9.38. The summed E-state index contributed by atoms with van der Waals surface area (Å²) in [4.78, 5) is 0. The summed E-state index contributed by atoms with van der Waals surface area (Å²) in [5.74, 6) is 2.39. The highest BCUT2D eigenvalue weighted by atomic mass is 35.5. The van der Waals surface area contributed by atoms with Gasteiger partial charge >= 0.3 is 0 Å². The van der Waals surface area contributed by atoms with Gasteiger partial charge in [-0.3, -0.25) is 0 Å². The zero-order valence-corrected chi connectivity index (χ0v) is 17.9. The summed E-state index contributed by atoms with van der Waals surface area (Å²) in [7, 11) is 3.36. The molecule has 0 radical (unpaired) electrons. The minimum absolute atomic E-state index is 0. The minimum atomic E-state index is 0. The average Bonchev–Trinajstić information content (AvgIpc) is 2.74. The largest absolute Gasteiger partial charge is 0.496 e. The lowest BCUT2D eigenvalue weighted by atomic mass is 10.1. The maximum atomic E-state index is 5.99. The Balaban J connectivity index is 0.00000300. The van der Waals surface area contributed by atoms with E-state index in [1.807, 2.05) is 42.5 Å². The second-order valence-corrected chi connectivity index (χ2v) is 6.62. The number of methoxy groups -OCH3 is 2. The standard InChI is InChI=1S/C24H27NO3.ClH/c1-18-8-4-5-10-21(18)17-28-23-13-12-19(14-24(23)27-3)15-25-16-20-9-6-7-11-22(20)26-2;/h4-14,25H,15-17H2,1-3H3;1H. The molecular weight excluding hydrogens is 386 g/mol. The molecule has 1 N–H and O–H groups in total. The third kappa shape index (κ3) is 6.14. The molecule has 0 saturated carbocycles. The van der Waals surface area contributed by atoms with Gasteiger partial charge in [0.05, 0.1) is 14.2 Å². The lowest BCUT2D eigenvalue weighted by molar-refractivity contribution is 0.283. The number of nitrogens with one attached hydrogen (secondary N) is 1. The second-order valence-electron chi connectivity index (χ2n) is 6.62. The number of halogens is 1. The van der Waals surface area contributed by atoms with Gasteiger partial charge < -0.3 is 19.5 Å². The lowest BCUT2D eigenvalue weighted by Crippen LogP contribution is -2.13. The summed E-state index contributed by atoms with van der Waals surface area (Å²) < 4.78 is 16.9. The molecule has 0 aliphatic rings. The van der Waals surface area contributed by atoms with E-state index in [-0.39, 0.29) is 12.4 Å². The quantitative estimate of drug-likeness (QED) is 0.516. The molecule has 4 nitrogen and oxygen atoms in total. The van der Waals surface area contributed by atoms with Crippen molar-refractivity contribution in [2.75, 3.05) is 14.2 Å². The minimum Gasteiger partial charge on any atom is -0.496 e. The molecule has 0 aliphatic carbocycles. The molecule has 3 rings (SSSR count). The van der Waals surface area contributed by atoms with E-state index in [0.29, 0.717) is 6.61 Å². The highest BCUT2D eigenvalue weighted by Gasteiger charge is 2.08. The van der Waals surface area contributed by atoms with Gasteiger partial charge in [0.2, 0.25) is 0 Å². The molecule has 5 heteroatoms. The predicted molar refractivity (Wildman–Crippen MR) is 119 cm³/mol. The number of hydrogen-bond acceptors (Lipinski definition) is 4. The van der Waals surface area contributed by atoms with Gasteiger partial charge in [-0.15, -0.1) is 12.4 Å². The molecule has 0 fully saturated rings. The van der Waals surface area contributed by atoms with E-state index in [9.17, 15) is 0 Å². The summed E-state index contributed by atoms with van der Waals surface area (Å²) in [6.45, 7) is 4.07.